The van der Waals surface area contributed by atoms with Crippen LogP contribution in [0.1, 0.15) is 0 Å². The maximum Gasteiger partial charge on any atom is 0.406 e. The van der Waals surface area contributed by atoms with Gasteiger partial charge in [0.1, 0.15) is 10.9 Å². The SMILES string of the molecule is CNC(C(Cl)Cl)C(F)(F)F. The molecule has 0 spiro atoms. The van der Waals surface area contributed by atoms with Crippen molar-refractivity contribution in [1.82, 2.24) is 5.32 Å². The minimum atomic E-state index is -4.39. The van der Waals surface area contributed by atoms with Gasteiger partial charge in [-0.3, -0.25) is 0 Å². The highest BCUT2D eigenvalue weighted by Gasteiger charge is 2.42. The largest absolute Gasteiger partial charge is 0.406 e. The average Bonchev–Trinajstić information content (AvgIpc) is 1.60. The van der Waals surface area contributed by atoms with Crippen molar-refractivity contribution in [1.29, 1.82) is 0 Å². The lowest BCUT2D eigenvalue weighted by Crippen LogP contribution is -2.44. The van der Waals surface area contributed by atoms with Crippen molar-refractivity contribution < 1.29 is 13.2 Å². The Morgan fingerprint density at radius 1 is 1.30 bits per heavy atom. The number of rotatable bonds is 2. The molecule has 0 aliphatic rings. The summed E-state index contributed by atoms with van der Waals surface area (Å²) in [6.07, 6.45) is -4.39. The van der Waals surface area contributed by atoms with E-state index in [0.717, 1.165) is 7.05 Å². The minimum Gasteiger partial charge on any atom is -0.307 e. The molecule has 62 valence electrons. The molecular weight excluding hydrogens is 190 g/mol. The lowest BCUT2D eigenvalue weighted by Gasteiger charge is -2.19. The van der Waals surface area contributed by atoms with Gasteiger partial charge in [-0.05, 0) is 7.05 Å². The summed E-state index contributed by atoms with van der Waals surface area (Å²) in [5.41, 5.74) is 0. The van der Waals surface area contributed by atoms with Gasteiger partial charge in [0, 0.05) is 0 Å². The Morgan fingerprint density at radius 3 is 1.70 bits per heavy atom. The minimum absolute atomic E-state index is 1.15. The van der Waals surface area contributed by atoms with E-state index in [1.165, 1.54) is 0 Å². The second kappa shape index (κ2) is 3.64. The Bertz CT molecular complexity index is 103. The molecule has 1 atom stereocenters. The molecule has 6 heteroatoms. The molecule has 0 aromatic heterocycles. The molecule has 1 N–H and O–H groups in total. The third-order valence-corrected chi connectivity index (χ3v) is 1.42. The molecule has 0 saturated heterocycles. The summed E-state index contributed by atoms with van der Waals surface area (Å²) < 4.78 is 35.2. The second-order valence-electron chi connectivity index (χ2n) is 1.64. The molecule has 0 saturated carbocycles. The number of halogens is 5. The third kappa shape index (κ3) is 2.94. The molecule has 0 amide bonds. The van der Waals surface area contributed by atoms with Crippen LogP contribution < -0.4 is 5.32 Å². The first-order chi connectivity index (χ1) is 4.39. The fourth-order valence-electron chi connectivity index (χ4n) is 0.433. The van der Waals surface area contributed by atoms with Crippen LogP contribution in [0.5, 0.6) is 0 Å². The van der Waals surface area contributed by atoms with E-state index in [1.54, 1.807) is 0 Å². The fourth-order valence-corrected chi connectivity index (χ4v) is 0.970. The van der Waals surface area contributed by atoms with Crippen LogP contribution in [-0.4, -0.2) is 24.1 Å². The number of hydrogen-bond donors (Lipinski definition) is 1. The summed E-state index contributed by atoms with van der Waals surface area (Å²) in [5.74, 6) is 0. The van der Waals surface area contributed by atoms with Crippen LogP contribution in [0.25, 0.3) is 0 Å². The van der Waals surface area contributed by atoms with Crippen molar-refractivity contribution in [3.8, 4) is 0 Å². The Morgan fingerprint density at radius 2 is 1.70 bits per heavy atom. The topological polar surface area (TPSA) is 12.0 Å². The normalized spacial score (nSPS) is 15.9. The van der Waals surface area contributed by atoms with Crippen LogP contribution in [0.4, 0.5) is 13.2 Å². The second-order valence-corrected chi connectivity index (χ2v) is 2.81. The van der Waals surface area contributed by atoms with Gasteiger partial charge < -0.3 is 5.32 Å². The molecule has 0 bridgehead atoms. The van der Waals surface area contributed by atoms with Crippen molar-refractivity contribution in [2.24, 2.45) is 0 Å². The average molecular weight is 196 g/mol. The van der Waals surface area contributed by atoms with Crippen molar-refractivity contribution in [3.05, 3.63) is 0 Å². The van der Waals surface area contributed by atoms with Crippen molar-refractivity contribution >= 4 is 23.2 Å². The first-order valence-corrected chi connectivity index (χ1v) is 3.29. The van der Waals surface area contributed by atoms with Crippen LogP contribution in [0.3, 0.4) is 0 Å². The van der Waals surface area contributed by atoms with Crippen molar-refractivity contribution in [2.45, 2.75) is 17.1 Å². The zero-order valence-electron chi connectivity index (χ0n) is 5.04. The van der Waals surface area contributed by atoms with E-state index in [2.05, 4.69) is 0 Å². The quantitative estimate of drug-likeness (QED) is 0.665. The highest BCUT2D eigenvalue weighted by atomic mass is 35.5. The maximum atomic E-state index is 11.7. The Kier molecular flexibility index (Phi) is 3.76. The smallest absolute Gasteiger partial charge is 0.307 e. The lowest BCUT2D eigenvalue weighted by molar-refractivity contribution is -0.151. The van der Waals surface area contributed by atoms with Gasteiger partial charge in [0.05, 0.1) is 0 Å². The van der Waals surface area contributed by atoms with E-state index in [0.29, 0.717) is 0 Å². The number of hydrogen-bond acceptors (Lipinski definition) is 1. The molecule has 0 rings (SSSR count). The molecule has 0 aliphatic carbocycles. The highest BCUT2D eigenvalue weighted by molar-refractivity contribution is 6.44. The number of nitrogens with one attached hydrogen (secondary N) is 1. The van der Waals surface area contributed by atoms with Crippen LogP contribution in [-0.2, 0) is 0 Å². The van der Waals surface area contributed by atoms with E-state index < -0.39 is 17.1 Å². The van der Waals surface area contributed by atoms with Crippen LogP contribution in [0.15, 0.2) is 0 Å². The molecule has 0 aliphatic heterocycles. The molecule has 0 fully saturated rings. The van der Waals surface area contributed by atoms with Crippen molar-refractivity contribution in [3.63, 3.8) is 0 Å². The van der Waals surface area contributed by atoms with Gasteiger partial charge in [-0.1, -0.05) is 0 Å². The van der Waals surface area contributed by atoms with Crippen LogP contribution in [0.2, 0.25) is 0 Å². The van der Waals surface area contributed by atoms with Gasteiger partial charge in [0.2, 0.25) is 0 Å². The molecule has 10 heavy (non-hydrogen) atoms. The Balaban J connectivity index is 4.07. The first-order valence-electron chi connectivity index (χ1n) is 2.41. The summed E-state index contributed by atoms with van der Waals surface area (Å²) in [4.78, 5) is -1.47. The predicted molar refractivity (Wildman–Crippen MR) is 34.4 cm³/mol. The summed E-state index contributed by atoms with van der Waals surface area (Å²) in [7, 11) is 1.15. The third-order valence-electron chi connectivity index (χ3n) is 0.916. The summed E-state index contributed by atoms with van der Waals surface area (Å²) in [5, 5.41) is 1.95. The Labute approximate surface area is 66.5 Å². The summed E-state index contributed by atoms with van der Waals surface area (Å²) >= 11 is 10.0. The van der Waals surface area contributed by atoms with Crippen molar-refractivity contribution in [2.75, 3.05) is 7.05 Å². The highest BCUT2D eigenvalue weighted by Crippen LogP contribution is 2.26. The van der Waals surface area contributed by atoms with E-state index in [4.69, 9.17) is 23.2 Å². The van der Waals surface area contributed by atoms with Gasteiger partial charge in [0.25, 0.3) is 0 Å². The maximum absolute atomic E-state index is 11.7. The van der Waals surface area contributed by atoms with Gasteiger partial charge in [-0.15, -0.1) is 23.2 Å². The number of alkyl halides is 5. The van der Waals surface area contributed by atoms with Crippen LogP contribution >= 0.6 is 23.2 Å². The zero-order valence-corrected chi connectivity index (χ0v) is 6.56. The molecular formula is C4H6Cl2F3N. The van der Waals surface area contributed by atoms with Gasteiger partial charge in [-0.25, -0.2) is 0 Å². The summed E-state index contributed by atoms with van der Waals surface area (Å²) in [6.45, 7) is 0. The molecule has 1 nitrogen and oxygen atoms in total. The Hall–Kier alpha value is 0.330. The lowest BCUT2D eigenvalue weighted by atomic mass is 10.3. The van der Waals surface area contributed by atoms with Gasteiger partial charge >= 0.3 is 6.18 Å². The van der Waals surface area contributed by atoms with E-state index in [-0.39, 0.29) is 0 Å². The molecule has 0 aromatic rings. The summed E-state index contributed by atoms with van der Waals surface area (Å²) in [6, 6.07) is -1.85. The van der Waals surface area contributed by atoms with E-state index in [9.17, 15) is 13.2 Å². The molecule has 0 heterocycles. The van der Waals surface area contributed by atoms with Gasteiger partial charge in [-0.2, -0.15) is 13.2 Å². The molecule has 1 unspecified atom stereocenters. The molecule has 0 aromatic carbocycles. The standard InChI is InChI=1S/C4H6Cl2F3N/c1-10-2(3(5)6)4(7,8)9/h2-3,10H,1H3. The van der Waals surface area contributed by atoms with Gasteiger partial charge in [0.15, 0.2) is 0 Å². The van der Waals surface area contributed by atoms with Crippen LogP contribution in [0, 0.1) is 0 Å². The first kappa shape index (κ1) is 10.3. The monoisotopic (exact) mass is 195 g/mol. The zero-order chi connectivity index (χ0) is 8.36. The van der Waals surface area contributed by atoms with E-state index in [1.807, 2.05) is 5.32 Å². The molecule has 0 radical (unpaired) electrons. The fraction of sp³-hybridized carbons (Fsp3) is 1.00. The van der Waals surface area contributed by atoms with E-state index >= 15 is 0 Å². The predicted octanol–water partition coefficient (Wildman–Crippen LogP) is 1.94.